The predicted molar refractivity (Wildman–Crippen MR) is 102 cm³/mol. The van der Waals surface area contributed by atoms with Crippen molar-refractivity contribution in [3.63, 3.8) is 0 Å². The molecule has 0 aliphatic heterocycles. The molecule has 0 bridgehead atoms. The van der Waals surface area contributed by atoms with Crippen molar-refractivity contribution in [3.05, 3.63) is 71.9 Å². The van der Waals surface area contributed by atoms with E-state index in [1.807, 2.05) is 47.1 Å². The minimum absolute atomic E-state index is 0.449. The number of aromatic nitrogens is 6. The maximum absolute atomic E-state index is 5.34. The molecule has 28 heavy (non-hydrogen) atoms. The van der Waals surface area contributed by atoms with Gasteiger partial charge in [-0.05, 0) is 53.1 Å². The first-order valence-corrected chi connectivity index (χ1v) is 9.33. The molecule has 1 aliphatic carbocycles. The summed E-state index contributed by atoms with van der Waals surface area (Å²) in [6.45, 7) is 0.473. The normalized spacial score (nSPS) is 13.6. The van der Waals surface area contributed by atoms with Gasteiger partial charge in [0.05, 0.1) is 12.6 Å². The van der Waals surface area contributed by atoms with Crippen molar-refractivity contribution >= 4 is 5.69 Å². The van der Waals surface area contributed by atoms with Crippen LogP contribution in [0.2, 0.25) is 0 Å². The lowest BCUT2D eigenvalue weighted by atomic mass is 10.1. The van der Waals surface area contributed by atoms with E-state index >= 15 is 0 Å². The highest BCUT2D eigenvalue weighted by Crippen LogP contribution is 2.36. The lowest BCUT2D eigenvalue weighted by Gasteiger charge is -2.06. The number of nitrogens with one attached hydrogen (secondary N) is 1. The van der Waals surface area contributed by atoms with E-state index in [2.05, 4.69) is 43.1 Å². The molecule has 0 amide bonds. The van der Waals surface area contributed by atoms with Crippen LogP contribution in [0.3, 0.4) is 0 Å². The molecular formula is C20H19N7O. The van der Waals surface area contributed by atoms with Gasteiger partial charge >= 0.3 is 0 Å². The maximum Gasteiger partial charge on any atom is 0.245 e. The Bertz CT molecular complexity index is 1050. The molecule has 1 N–H and O–H groups in total. The van der Waals surface area contributed by atoms with Crippen LogP contribution in [0.1, 0.15) is 36.2 Å². The molecule has 0 spiro atoms. The van der Waals surface area contributed by atoms with Crippen molar-refractivity contribution in [2.24, 2.45) is 0 Å². The van der Waals surface area contributed by atoms with Gasteiger partial charge in [-0.3, -0.25) is 0 Å². The summed E-state index contributed by atoms with van der Waals surface area (Å²) >= 11 is 0. The SMILES string of the molecule is c1ccc(Cc2noc(CNc3ccc(-c4nnnn4C4CC4)cc3)n2)cc1. The Morgan fingerprint density at radius 1 is 1.04 bits per heavy atom. The van der Waals surface area contributed by atoms with Crippen molar-refractivity contribution in [1.82, 2.24) is 30.3 Å². The molecule has 8 nitrogen and oxygen atoms in total. The molecule has 0 atom stereocenters. The van der Waals surface area contributed by atoms with Crippen LogP contribution in [0.15, 0.2) is 59.1 Å². The Morgan fingerprint density at radius 2 is 1.86 bits per heavy atom. The molecule has 2 aromatic heterocycles. The zero-order chi connectivity index (χ0) is 18.8. The highest BCUT2D eigenvalue weighted by Gasteiger charge is 2.28. The average molecular weight is 373 g/mol. The second-order valence-corrected chi connectivity index (χ2v) is 6.88. The molecule has 4 aromatic rings. The molecule has 0 radical (unpaired) electrons. The van der Waals surface area contributed by atoms with Gasteiger partial charge in [-0.2, -0.15) is 4.98 Å². The first-order valence-electron chi connectivity index (χ1n) is 9.33. The highest BCUT2D eigenvalue weighted by atomic mass is 16.5. The van der Waals surface area contributed by atoms with E-state index in [0.717, 1.165) is 35.5 Å². The number of hydrogen-bond acceptors (Lipinski definition) is 7. The number of anilines is 1. The van der Waals surface area contributed by atoms with Gasteiger partial charge in [-0.25, -0.2) is 4.68 Å². The van der Waals surface area contributed by atoms with E-state index < -0.39 is 0 Å². The van der Waals surface area contributed by atoms with Crippen molar-refractivity contribution < 1.29 is 4.52 Å². The fourth-order valence-electron chi connectivity index (χ4n) is 3.08. The number of benzene rings is 2. The monoisotopic (exact) mass is 373 g/mol. The molecule has 1 fully saturated rings. The van der Waals surface area contributed by atoms with Gasteiger partial charge in [-0.15, -0.1) is 5.10 Å². The summed E-state index contributed by atoms with van der Waals surface area (Å²) < 4.78 is 7.25. The van der Waals surface area contributed by atoms with Crippen LogP contribution in [0, 0.1) is 0 Å². The Hall–Kier alpha value is -3.55. The third-order valence-corrected chi connectivity index (χ3v) is 4.69. The van der Waals surface area contributed by atoms with Crippen LogP contribution < -0.4 is 5.32 Å². The summed E-state index contributed by atoms with van der Waals surface area (Å²) in [7, 11) is 0. The molecule has 1 saturated carbocycles. The lowest BCUT2D eigenvalue weighted by molar-refractivity contribution is 0.378. The van der Waals surface area contributed by atoms with Crippen LogP contribution in [-0.2, 0) is 13.0 Å². The first kappa shape index (κ1) is 16.6. The van der Waals surface area contributed by atoms with Crippen LogP contribution in [-0.4, -0.2) is 30.3 Å². The van der Waals surface area contributed by atoms with E-state index in [0.29, 0.717) is 30.7 Å². The second kappa shape index (κ2) is 7.22. The summed E-state index contributed by atoms with van der Waals surface area (Å²) in [5.41, 5.74) is 3.13. The van der Waals surface area contributed by atoms with Gasteiger partial charge in [0, 0.05) is 17.7 Å². The number of rotatable bonds is 7. The van der Waals surface area contributed by atoms with Crippen molar-refractivity contribution in [3.8, 4) is 11.4 Å². The minimum Gasteiger partial charge on any atom is -0.376 e. The van der Waals surface area contributed by atoms with Crippen LogP contribution in [0.4, 0.5) is 5.69 Å². The predicted octanol–water partition coefficient (Wildman–Crippen LogP) is 3.26. The lowest BCUT2D eigenvalue weighted by Crippen LogP contribution is -2.01. The van der Waals surface area contributed by atoms with Gasteiger partial charge < -0.3 is 9.84 Å². The third kappa shape index (κ3) is 3.62. The maximum atomic E-state index is 5.34. The van der Waals surface area contributed by atoms with Crippen molar-refractivity contribution in [2.45, 2.75) is 31.8 Å². The van der Waals surface area contributed by atoms with Crippen LogP contribution >= 0.6 is 0 Å². The molecule has 140 valence electrons. The summed E-state index contributed by atoms with van der Waals surface area (Å²) in [5.74, 6) is 2.06. The Labute approximate surface area is 161 Å². The Balaban J connectivity index is 1.21. The molecule has 8 heteroatoms. The van der Waals surface area contributed by atoms with Crippen molar-refractivity contribution in [2.75, 3.05) is 5.32 Å². The van der Waals surface area contributed by atoms with E-state index in [1.54, 1.807) is 0 Å². The number of nitrogens with zero attached hydrogens (tertiary/aromatic N) is 6. The summed E-state index contributed by atoms with van der Waals surface area (Å²) in [5, 5.41) is 19.4. The fourth-order valence-corrected chi connectivity index (χ4v) is 3.08. The Morgan fingerprint density at radius 3 is 2.64 bits per heavy atom. The largest absolute Gasteiger partial charge is 0.376 e. The highest BCUT2D eigenvalue weighted by molar-refractivity contribution is 5.59. The van der Waals surface area contributed by atoms with Gasteiger partial charge in [0.2, 0.25) is 5.89 Å². The first-order chi connectivity index (χ1) is 13.8. The molecular weight excluding hydrogens is 354 g/mol. The molecule has 1 aliphatic rings. The van der Waals surface area contributed by atoms with Crippen LogP contribution in [0.5, 0.6) is 0 Å². The smallest absolute Gasteiger partial charge is 0.245 e. The van der Waals surface area contributed by atoms with Gasteiger partial charge in [0.15, 0.2) is 11.6 Å². The standard InChI is InChI=1S/C20H19N7O/c1-2-4-14(5-3-1)12-18-22-19(28-24-18)13-21-16-8-6-15(7-9-16)20-23-25-26-27(20)17-10-11-17/h1-9,17,21H,10-13H2. The Kier molecular flexibility index (Phi) is 4.29. The third-order valence-electron chi connectivity index (χ3n) is 4.69. The molecule has 0 saturated heterocycles. The molecule has 5 rings (SSSR count). The van der Waals surface area contributed by atoms with Gasteiger partial charge in [-0.1, -0.05) is 35.5 Å². The number of hydrogen-bond donors (Lipinski definition) is 1. The fraction of sp³-hybridized carbons (Fsp3) is 0.250. The topological polar surface area (TPSA) is 94.5 Å². The molecule has 2 heterocycles. The summed E-state index contributed by atoms with van der Waals surface area (Å²) in [6, 6.07) is 18.6. The van der Waals surface area contributed by atoms with Gasteiger partial charge in [0.1, 0.15) is 0 Å². The summed E-state index contributed by atoms with van der Waals surface area (Å²) in [4.78, 5) is 4.45. The van der Waals surface area contributed by atoms with Crippen molar-refractivity contribution in [1.29, 1.82) is 0 Å². The zero-order valence-electron chi connectivity index (χ0n) is 15.2. The quantitative estimate of drug-likeness (QED) is 0.531. The second-order valence-electron chi connectivity index (χ2n) is 6.88. The van der Waals surface area contributed by atoms with E-state index in [1.165, 1.54) is 0 Å². The minimum atomic E-state index is 0.449. The average Bonchev–Trinajstić information content (AvgIpc) is 3.29. The molecule has 2 aromatic carbocycles. The zero-order valence-corrected chi connectivity index (χ0v) is 15.2. The van der Waals surface area contributed by atoms with E-state index in [4.69, 9.17) is 4.52 Å². The van der Waals surface area contributed by atoms with Crippen LogP contribution in [0.25, 0.3) is 11.4 Å². The van der Waals surface area contributed by atoms with E-state index in [-0.39, 0.29) is 0 Å². The number of tetrazole rings is 1. The van der Waals surface area contributed by atoms with E-state index in [9.17, 15) is 0 Å². The van der Waals surface area contributed by atoms with Gasteiger partial charge in [0.25, 0.3) is 0 Å². The molecule has 0 unspecified atom stereocenters. The summed E-state index contributed by atoms with van der Waals surface area (Å²) in [6.07, 6.45) is 2.96.